The highest BCUT2D eigenvalue weighted by Gasteiger charge is 1.95. The molecule has 0 fully saturated rings. The predicted molar refractivity (Wildman–Crippen MR) is 34.7 cm³/mol. The first-order valence-corrected chi connectivity index (χ1v) is 3.23. The third kappa shape index (κ3) is 5.76. The fourth-order valence-corrected chi connectivity index (χ4v) is 0.485. The largest absolute Gasteiger partial charge is 0.395 e. The smallest absolute Gasteiger partial charge is 0.0834 e. The van der Waals surface area contributed by atoms with Crippen molar-refractivity contribution in [2.45, 2.75) is 19.4 Å². The molecular weight excluding hydrogens is 118 g/mol. The lowest BCUT2D eigenvalue weighted by molar-refractivity contribution is 0.184. The first-order chi connectivity index (χ1) is 4.31. The van der Waals surface area contributed by atoms with E-state index in [2.05, 4.69) is 5.32 Å². The van der Waals surface area contributed by atoms with E-state index >= 15 is 0 Å². The van der Waals surface area contributed by atoms with Crippen molar-refractivity contribution in [1.82, 2.24) is 5.32 Å². The van der Waals surface area contributed by atoms with Gasteiger partial charge in [-0.25, -0.2) is 5.11 Å². The van der Waals surface area contributed by atoms with Crippen molar-refractivity contribution in [2.75, 3.05) is 19.8 Å². The van der Waals surface area contributed by atoms with E-state index in [9.17, 15) is 5.11 Å². The quantitative estimate of drug-likeness (QED) is 0.508. The van der Waals surface area contributed by atoms with Gasteiger partial charge in [-0.05, 0) is 19.9 Å². The normalized spacial score (nSPS) is 13.7. The van der Waals surface area contributed by atoms with E-state index in [0.29, 0.717) is 13.0 Å². The van der Waals surface area contributed by atoms with Crippen molar-refractivity contribution in [1.29, 1.82) is 0 Å². The average molecular weight is 132 g/mol. The fourth-order valence-electron chi connectivity index (χ4n) is 0.485. The summed E-state index contributed by atoms with van der Waals surface area (Å²) < 4.78 is 0. The summed E-state index contributed by atoms with van der Waals surface area (Å²) in [7, 11) is 0. The van der Waals surface area contributed by atoms with Crippen LogP contribution in [-0.2, 0) is 5.11 Å². The maximum absolute atomic E-state index is 9.90. The van der Waals surface area contributed by atoms with Crippen LogP contribution in [0.4, 0.5) is 0 Å². The lowest BCUT2D eigenvalue weighted by Crippen LogP contribution is -2.30. The Bertz CT molecular complexity index is 59.0. The Morgan fingerprint density at radius 3 is 2.78 bits per heavy atom. The van der Waals surface area contributed by atoms with E-state index in [1.165, 1.54) is 0 Å². The van der Waals surface area contributed by atoms with E-state index in [1.807, 2.05) is 6.92 Å². The second kappa shape index (κ2) is 6.01. The fraction of sp³-hybridized carbons (Fsp3) is 1.00. The van der Waals surface area contributed by atoms with E-state index in [1.54, 1.807) is 0 Å². The molecule has 0 aliphatic rings. The molecule has 0 bridgehead atoms. The van der Waals surface area contributed by atoms with Crippen molar-refractivity contribution in [2.24, 2.45) is 0 Å². The van der Waals surface area contributed by atoms with E-state index in [0.717, 1.165) is 0 Å². The summed E-state index contributed by atoms with van der Waals surface area (Å²) in [6.45, 7) is 2.69. The maximum Gasteiger partial charge on any atom is 0.0834 e. The summed E-state index contributed by atoms with van der Waals surface area (Å²) in [4.78, 5) is 0. The van der Waals surface area contributed by atoms with Gasteiger partial charge in [0.05, 0.1) is 13.2 Å². The number of aliphatic hydroxyl groups is 1. The summed E-state index contributed by atoms with van der Waals surface area (Å²) in [6, 6.07) is 0.122. The van der Waals surface area contributed by atoms with Crippen LogP contribution >= 0.6 is 0 Å². The Hall–Kier alpha value is -0.120. The minimum absolute atomic E-state index is 0.0366. The highest BCUT2D eigenvalue weighted by molar-refractivity contribution is 4.56. The molecule has 0 spiro atoms. The van der Waals surface area contributed by atoms with E-state index in [-0.39, 0.29) is 19.3 Å². The first-order valence-electron chi connectivity index (χ1n) is 3.23. The lowest BCUT2D eigenvalue weighted by Gasteiger charge is -2.08. The maximum atomic E-state index is 9.90. The molecule has 0 saturated carbocycles. The first kappa shape index (κ1) is 8.88. The molecule has 0 heterocycles. The van der Waals surface area contributed by atoms with Gasteiger partial charge >= 0.3 is 0 Å². The lowest BCUT2D eigenvalue weighted by atomic mass is 10.3. The van der Waals surface area contributed by atoms with Gasteiger partial charge in [0, 0.05) is 6.04 Å². The van der Waals surface area contributed by atoms with Crippen molar-refractivity contribution in [3.05, 3.63) is 0 Å². The minimum atomic E-state index is -0.0366. The zero-order chi connectivity index (χ0) is 7.11. The Balaban J connectivity index is 2.88. The molecule has 0 aromatic heterocycles. The summed E-state index contributed by atoms with van der Waals surface area (Å²) in [6.07, 6.45) is 0.643. The molecular formula is C6H14NO2. The minimum Gasteiger partial charge on any atom is -0.395 e. The van der Waals surface area contributed by atoms with Crippen molar-refractivity contribution >= 4 is 0 Å². The zero-order valence-corrected chi connectivity index (χ0v) is 5.76. The van der Waals surface area contributed by atoms with Crippen LogP contribution < -0.4 is 5.32 Å². The number of hydrogen-bond acceptors (Lipinski definition) is 2. The van der Waals surface area contributed by atoms with Crippen LogP contribution in [0.1, 0.15) is 13.3 Å². The highest BCUT2D eigenvalue weighted by Crippen LogP contribution is 1.79. The molecule has 0 unspecified atom stereocenters. The summed E-state index contributed by atoms with van der Waals surface area (Å²) >= 11 is 0. The molecule has 9 heavy (non-hydrogen) atoms. The van der Waals surface area contributed by atoms with Crippen molar-refractivity contribution in [3.8, 4) is 0 Å². The number of rotatable bonds is 5. The molecule has 0 amide bonds. The van der Waals surface area contributed by atoms with E-state index < -0.39 is 0 Å². The van der Waals surface area contributed by atoms with Crippen LogP contribution in [0.5, 0.6) is 0 Å². The van der Waals surface area contributed by atoms with Crippen LogP contribution in [0.3, 0.4) is 0 Å². The Morgan fingerprint density at radius 2 is 2.33 bits per heavy atom. The molecule has 3 heteroatoms. The standard InChI is InChI=1S/C6H14NO2/c1-6(5-9)7-3-2-4-8/h6-7,9H,2-5H2,1H3/t6-/m0/s1. The van der Waals surface area contributed by atoms with Crippen LogP contribution in [0.2, 0.25) is 0 Å². The molecule has 55 valence electrons. The van der Waals surface area contributed by atoms with Gasteiger partial charge in [-0.2, -0.15) is 0 Å². The molecule has 0 rings (SSSR count). The molecule has 0 aromatic carbocycles. The molecule has 3 nitrogen and oxygen atoms in total. The summed E-state index contributed by atoms with van der Waals surface area (Å²) in [5, 5.41) is 21.4. The molecule has 0 aliphatic carbocycles. The molecule has 0 aliphatic heterocycles. The summed E-state index contributed by atoms with van der Waals surface area (Å²) in [5.74, 6) is 0. The third-order valence-corrected chi connectivity index (χ3v) is 1.09. The van der Waals surface area contributed by atoms with Crippen molar-refractivity contribution in [3.63, 3.8) is 0 Å². The number of nitrogens with one attached hydrogen (secondary N) is 1. The molecule has 1 atom stereocenters. The van der Waals surface area contributed by atoms with Gasteiger partial charge in [0.25, 0.3) is 0 Å². The van der Waals surface area contributed by atoms with Gasteiger partial charge in [-0.1, -0.05) is 0 Å². The van der Waals surface area contributed by atoms with Gasteiger partial charge in [0.2, 0.25) is 0 Å². The van der Waals surface area contributed by atoms with Crippen LogP contribution in [-0.4, -0.2) is 30.9 Å². The van der Waals surface area contributed by atoms with Gasteiger partial charge < -0.3 is 10.4 Å². The topological polar surface area (TPSA) is 52.2 Å². The molecule has 1 radical (unpaired) electrons. The van der Waals surface area contributed by atoms with Crippen LogP contribution in [0.25, 0.3) is 0 Å². The summed E-state index contributed by atoms with van der Waals surface area (Å²) in [5.41, 5.74) is 0. The molecule has 0 aromatic rings. The second-order valence-corrected chi connectivity index (χ2v) is 2.10. The Kier molecular flexibility index (Phi) is 5.93. The monoisotopic (exact) mass is 132 g/mol. The van der Waals surface area contributed by atoms with Gasteiger partial charge in [0.15, 0.2) is 0 Å². The van der Waals surface area contributed by atoms with Crippen LogP contribution in [0, 0.1) is 0 Å². The Labute approximate surface area is 55.7 Å². The zero-order valence-electron chi connectivity index (χ0n) is 5.76. The average Bonchev–Trinajstić information content (AvgIpc) is 1.89. The highest BCUT2D eigenvalue weighted by atomic mass is 16.3. The third-order valence-electron chi connectivity index (χ3n) is 1.09. The second-order valence-electron chi connectivity index (χ2n) is 2.10. The van der Waals surface area contributed by atoms with Crippen molar-refractivity contribution < 1.29 is 10.2 Å². The van der Waals surface area contributed by atoms with Crippen LogP contribution in [0.15, 0.2) is 0 Å². The molecule has 0 saturated heterocycles. The number of aliphatic hydroxyl groups excluding tert-OH is 1. The van der Waals surface area contributed by atoms with Gasteiger partial charge in [-0.15, -0.1) is 0 Å². The van der Waals surface area contributed by atoms with Gasteiger partial charge in [0.1, 0.15) is 0 Å². The predicted octanol–water partition coefficient (Wildman–Crippen LogP) is -0.223. The van der Waals surface area contributed by atoms with Gasteiger partial charge in [-0.3, -0.25) is 0 Å². The molecule has 2 N–H and O–H groups in total. The Morgan fingerprint density at radius 1 is 1.67 bits per heavy atom. The van der Waals surface area contributed by atoms with E-state index in [4.69, 9.17) is 5.11 Å². The SMILES string of the molecule is C[C@@H](CO)NCCC[O]. The number of hydrogen-bond donors (Lipinski definition) is 2.